The molecule has 28 heavy (non-hydrogen) atoms. The van der Waals surface area contributed by atoms with Gasteiger partial charge in [-0.2, -0.15) is 4.31 Å². The molecule has 0 aliphatic carbocycles. The van der Waals surface area contributed by atoms with Crippen molar-refractivity contribution in [2.24, 2.45) is 0 Å². The van der Waals surface area contributed by atoms with Gasteiger partial charge in [0.05, 0.1) is 4.90 Å². The van der Waals surface area contributed by atoms with Crippen LogP contribution in [0.4, 0.5) is 0 Å². The van der Waals surface area contributed by atoms with Gasteiger partial charge in [0, 0.05) is 13.1 Å². The summed E-state index contributed by atoms with van der Waals surface area (Å²) in [6, 6.07) is 11.0. The molecule has 1 aromatic heterocycles. The third-order valence-corrected chi connectivity index (χ3v) is 7.08. The van der Waals surface area contributed by atoms with Gasteiger partial charge in [0.15, 0.2) is 0 Å². The molecule has 7 nitrogen and oxygen atoms in total. The third kappa shape index (κ3) is 3.62. The van der Waals surface area contributed by atoms with Crippen molar-refractivity contribution in [3.05, 3.63) is 53.1 Å². The van der Waals surface area contributed by atoms with Crippen molar-refractivity contribution >= 4 is 21.1 Å². The predicted molar refractivity (Wildman–Crippen MR) is 106 cm³/mol. The molecule has 2 aromatic carbocycles. The van der Waals surface area contributed by atoms with Crippen LogP contribution < -0.4 is 4.84 Å². The molecule has 1 saturated heterocycles. The lowest BCUT2D eigenvalue weighted by atomic mass is 10.1. The van der Waals surface area contributed by atoms with E-state index in [0.29, 0.717) is 30.7 Å². The van der Waals surface area contributed by atoms with Crippen molar-refractivity contribution in [2.75, 3.05) is 13.1 Å². The molecule has 0 amide bonds. The third-order valence-electron chi connectivity index (χ3n) is 5.19. The number of aryl methyl sites for hydroxylation is 2. The van der Waals surface area contributed by atoms with Crippen LogP contribution >= 0.6 is 0 Å². The highest BCUT2D eigenvalue weighted by Crippen LogP contribution is 2.23. The van der Waals surface area contributed by atoms with E-state index in [1.54, 1.807) is 22.5 Å². The highest BCUT2D eigenvalue weighted by atomic mass is 32.2. The van der Waals surface area contributed by atoms with E-state index >= 15 is 0 Å². The highest BCUT2D eigenvalue weighted by Gasteiger charge is 2.26. The Hall–Kier alpha value is -2.45. The molecule has 0 saturated carbocycles. The fourth-order valence-corrected chi connectivity index (χ4v) is 5.01. The minimum atomic E-state index is -3.52. The van der Waals surface area contributed by atoms with Crippen LogP contribution in [0.2, 0.25) is 0 Å². The molecule has 0 unspecified atom stereocenters. The number of rotatable bonds is 5. The molecule has 1 aliphatic heterocycles. The lowest BCUT2D eigenvalue weighted by Gasteiger charge is -2.25. The van der Waals surface area contributed by atoms with E-state index in [1.807, 2.05) is 13.8 Å². The van der Waals surface area contributed by atoms with E-state index in [4.69, 9.17) is 4.84 Å². The summed E-state index contributed by atoms with van der Waals surface area (Å²) >= 11 is 0. The molecule has 0 atom stereocenters. The Labute approximate surface area is 164 Å². The van der Waals surface area contributed by atoms with Crippen LogP contribution in [0, 0.1) is 13.8 Å². The maximum Gasteiger partial charge on any atom is 0.243 e. The second-order valence-electron chi connectivity index (χ2n) is 7.28. The predicted octanol–water partition coefficient (Wildman–Crippen LogP) is 2.85. The van der Waals surface area contributed by atoms with Gasteiger partial charge in [0.25, 0.3) is 0 Å². The fourth-order valence-electron chi connectivity index (χ4n) is 3.47. The second-order valence-corrected chi connectivity index (χ2v) is 9.22. The van der Waals surface area contributed by atoms with Crippen LogP contribution in [0.1, 0.15) is 36.0 Å². The van der Waals surface area contributed by atoms with Crippen molar-refractivity contribution in [3.63, 3.8) is 0 Å². The van der Waals surface area contributed by atoms with Gasteiger partial charge in [-0.15, -0.1) is 5.10 Å². The average Bonchev–Trinajstić information content (AvgIpc) is 3.11. The molecule has 3 aromatic rings. The Morgan fingerprint density at radius 1 is 1.04 bits per heavy atom. The zero-order valence-corrected chi connectivity index (χ0v) is 16.9. The molecule has 0 radical (unpaired) electrons. The van der Waals surface area contributed by atoms with Crippen LogP contribution in [-0.4, -0.2) is 41.0 Å². The number of fused-ring (bicyclic) bond motifs is 1. The van der Waals surface area contributed by atoms with Crippen LogP contribution in [0.3, 0.4) is 0 Å². The number of benzene rings is 2. The summed E-state index contributed by atoms with van der Waals surface area (Å²) in [6.45, 7) is 5.53. The maximum absolute atomic E-state index is 13.0. The molecule has 1 fully saturated rings. The molecule has 0 spiro atoms. The number of aromatic nitrogens is 3. The minimum Gasteiger partial charge on any atom is -0.390 e. The lowest BCUT2D eigenvalue weighted by molar-refractivity contribution is 0.0748. The molecule has 0 N–H and O–H groups in total. The summed E-state index contributed by atoms with van der Waals surface area (Å²) in [5.41, 5.74) is 4.48. The van der Waals surface area contributed by atoms with Gasteiger partial charge < -0.3 is 4.84 Å². The molecule has 148 valence electrons. The first kappa shape index (κ1) is 18.9. The average molecular weight is 401 g/mol. The standard InChI is InChI=1S/C20H24N4O3S/c1-15-6-7-16(2)17(12-15)14-27-24-20-13-18(8-9-19(20)21-22-24)28(25,26)23-10-4-3-5-11-23/h6-9,12-13H,3-5,10-11,14H2,1-2H3. The van der Waals surface area contributed by atoms with Crippen LogP contribution in [0.25, 0.3) is 11.0 Å². The van der Waals surface area contributed by atoms with E-state index in [0.717, 1.165) is 36.0 Å². The van der Waals surface area contributed by atoms with Crippen LogP contribution in [0.5, 0.6) is 0 Å². The number of nitrogens with zero attached hydrogens (tertiary/aromatic N) is 4. The van der Waals surface area contributed by atoms with E-state index in [-0.39, 0.29) is 4.90 Å². The summed E-state index contributed by atoms with van der Waals surface area (Å²) < 4.78 is 27.5. The molecule has 8 heteroatoms. The van der Waals surface area contributed by atoms with E-state index in [1.165, 1.54) is 4.85 Å². The first-order chi connectivity index (χ1) is 13.4. The SMILES string of the molecule is Cc1ccc(C)c(COn2nnc3ccc(S(=O)(=O)N4CCCCC4)cc32)c1. The minimum absolute atomic E-state index is 0.251. The second kappa shape index (κ2) is 7.52. The molecule has 1 aliphatic rings. The molecular weight excluding hydrogens is 376 g/mol. The Morgan fingerprint density at radius 3 is 2.61 bits per heavy atom. The summed E-state index contributed by atoms with van der Waals surface area (Å²) in [4.78, 5) is 7.39. The molecule has 4 rings (SSSR count). The molecule has 2 heterocycles. The van der Waals surface area contributed by atoms with Gasteiger partial charge in [-0.05, 0) is 61.2 Å². The van der Waals surface area contributed by atoms with E-state index in [9.17, 15) is 8.42 Å². The topological polar surface area (TPSA) is 77.3 Å². The monoisotopic (exact) mass is 400 g/mol. The quantitative estimate of drug-likeness (QED) is 0.658. The largest absolute Gasteiger partial charge is 0.390 e. The molecule has 0 bridgehead atoms. The van der Waals surface area contributed by atoms with Crippen LogP contribution in [0.15, 0.2) is 41.3 Å². The summed E-state index contributed by atoms with van der Waals surface area (Å²) in [5.74, 6) is 0. The Kier molecular flexibility index (Phi) is 5.07. The summed E-state index contributed by atoms with van der Waals surface area (Å²) in [6.07, 6.45) is 2.88. The smallest absolute Gasteiger partial charge is 0.243 e. The van der Waals surface area contributed by atoms with Crippen molar-refractivity contribution < 1.29 is 13.3 Å². The number of hydrogen-bond acceptors (Lipinski definition) is 5. The Bertz CT molecular complexity index is 1100. The zero-order valence-electron chi connectivity index (χ0n) is 16.1. The number of piperidine rings is 1. The normalized spacial score (nSPS) is 15.8. The summed E-state index contributed by atoms with van der Waals surface area (Å²) in [7, 11) is -3.52. The Balaban J connectivity index is 1.62. The van der Waals surface area contributed by atoms with Crippen LogP contribution in [-0.2, 0) is 16.6 Å². The van der Waals surface area contributed by atoms with Gasteiger partial charge in [-0.3, -0.25) is 0 Å². The van der Waals surface area contributed by atoms with Gasteiger partial charge in [0.2, 0.25) is 10.0 Å². The molecular formula is C20H24N4O3S. The zero-order chi connectivity index (χ0) is 19.7. The van der Waals surface area contributed by atoms with Crippen molar-refractivity contribution in [3.8, 4) is 0 Å². The number of hydrogen-bond donors (Lipinski definition) is 0. The number of sulfonamides is 1. The van der Waals surface area contributed by atoms with Crippen molar-refractivity contribution in [1.82, 2.24) is 19.5 Å². The Morgan fingerprint density at radius 2 is 1.82 bits per heavy atom. The van der Waals surface area contributed by atoms with Gasteiger partial charge >= 0.3 is 0 Å². The van der Waals surface area contributed by atoms with Crippen molar-refractivity contribution in [1.29, 1.82) is 0 Å². The van der Waals surface area contributed by atoms with Gasteiger partial charge in [-0.25, -0.2) is 8.42 Å². The first-order valence-electron chi connectivity index (χ1n) is 9.50. The summed E-state index contributed by atoms with van der Waals surface area (Å²) in [5, 5.41) is 8.12. The van der Waals surface area contributed by atoms with E-state index in [2.05, 4.69) is 28.5 Å². The first-order valence-corrected chi connectivity index (χ1v) is 10.9. The maximum atomic E-state index is 13.0. The fraction of sp³-hybridized carbons (Fsp3) is 0.400. The van der Waals surface area contributed by atoms with Gasteiger partial charge in [-0.1, -0.05) is 35.0 Å². The highest BCUT2D eigenvalue weighted by molar-refractivity contribution is 7.89. The van der Waals surface area contributed by atoms with Gasteiger partial charge in [0.1, 0.15) is 17.6 Å². The van der Waals surface area contributed by atoms with Crippen molar-refractivity contribution in [2.45, 2.75) is 44.6 Å². The van der Waals surface area contributed by atoms with E-state index < -0.39 is 10.0 Å². The lowest BCUT2D eigenvalue weighted by Crippen LogP contribution is -2.35.